The van der Waals surface area contributed by atoms with Crippen molar-refractivity contribution in [3.05, 3.63) is 29.3 Å². The molecular formula is C10H13F3N4O3S. The molecule has 6 N–H and O–H groups in total. The van der Waals surface area contributed by atoms with Gasteiger partial charge in [0.1, 0.15) is 0 Å². The predicted molar refractivity (Wildman–Crippen MR) is 69.6 cm³/mol. The minimum absolute atomic E-state index is 0.0314. The highest BCUT2D eigenvalue weighted by Gasteiger charge is 2.31. The number of hydrazine groups is 1. The quantitative estimate of drug-likeness (QED) is 0.448. The van der Waals surface area contributed by atoms with E-state index in [-0.39, 0.29) is 17.8 Å². The maximum atomic E-state index is 12.6. The van der Waals surface area contributed by atoms with E-state index in [0.29, 0.717) is 6.07 Å². The second-order valence-electron chi connectivity index (χ2n) is 4.03. The third kappa shape index (κ3) is 5.21. The van der Waals surface area contributed by atoms with Crippen molar-refractivity contribution in [3.63, 3.8) is 0 Å². The van der Waals surface area contributed by atoms with Gasteiger partial charge in [-0.1, -0.05) is 0 Å². The third-order valence-electron chi connectivity index (χ3n) is 2.42. The van der Waals surface area contributed by atoms with Gasteiger partial charge < -0.3 is 10.7 Å². The van der Waals surface area contributed by atoms with Gasteiger partial charge in [0.25, 0.3) is 5.91 Å². The Labute approximate surface area is 118 Å². The number of nitrogen functional groups attached to an aromatic ring is 1. The second-order valence-corrected chi connectivity index (χ2v) is 5.76. The first-order valence-corrected chi connectivity index (χ1v) is 7.22. The number of sulfonamides is 1. The Morgan fingerprint density at radius 3 is 2.38 bits per heavy atom. The molecule has 11 heteroatoms. The summed E-state index contributed by atoms with van der Waals surface area (Å²) in [6, 6.07) is 2.37. The summed E-state index contributed by atoms with van der Waals surface area (Å²) < 4.78 is 59.2. The Kier molecular flexibility index (Phi) is 5.15. The van der Waals surface area contributed by atoms with Gasteiger partial charge in [-0.15, -0.1) is 0 Å². The number of anilines is 1. The SMILES string of the molecule is NNc1ccc(C(F)(F)F)cc1C(=O)NCCS(N)(=O)=O. The molecule has 0 saturated heterocycles. The van der Waals surface area contributed by atoms with Crippen LogP contribution in [0.2, 0.25) is 0 Å². The molecule has 0 heterocycles. The van der Waals surface area contributed by atoms with Gasteiger partial charge >= 0.3 is 6.18 Å². The fourth-order valence-corrected chi connectivity index (χ4v) is 1.82. The Bertz CT molecular complexity index is 631. The van der Waals surface area contributed by atoms with E-state index in [1.54, 1.807) is 0 Å². The molecule has 118 valence electrons. The van der Waals surface area contributed by atoms with Crippen molar-refractivity contribution < 1.29 is 26.4 Å². The number of carbonyl (C=O) groups is 1. The van der Waals surface area contributed by atoms with Crippen molar-refractivity contribution in [1.82, 2.24) is 5.32 Å². The molecule has 0 aromatic heterocycles. The van der Waals surface area contributed by atoms with Crippen molar-refractivity contribution >= 4 is 21.6 Å². The number of nitrogens with two attached hydrogens (primary N) is 2. The highest BCUT2D eigenvalue weighted by molar-refractivity contribution is 7.89. The van der Waals surface area contributed by atoms with Crippen LogP contribution in [0.25, 0.3) is 0 Å². The highest BCUT2D eigenvalue weighted by atomic mass is 32.2. The van der Waals surface area contributed by atoms with Crippen LogP contribution in [-0.2, 0) is 16.2 Å². The van der Waals surface area contributed by atoms with Crippen LogP contribution in [-0.4, -0.2) is 26.6 Å². The topological polar surface area (TPSA) is 127 Å². The molecule has 0 unspecified atom stereocenters. The van der Waals surface area contributed by atoms with Crippen LogP contribution in [0, 0.1) is 0 Å². The van der Waals surface area contributed by atoms with Gasteiger partial charge in [-0.2, -0.15) is 13.2 Å². The van der Waals surface area contributed by atoms with Crippen LogP contribution < -0.4 is 21.7 Å². The van der Waals surface area contributed by atoms with Crippen molar-refractivity contribution in [2.24, 2.45) is 11.0 Å². The molecule has 1 aromatic rings. The van der Waals surface area contributed by atoms with E-state index in [9.17, 15) is 26.4 Å². The largest absolute Gasteiger partial charge is 0.416 e. The number of amides is 1. The molecule has 0 radical (unpaired) electrons. The molecule has 0 atom stereocenters. The number of nitrogens with one attached hydrogen (secondary N) is 2. The Morgan fingerprint density at radius 2 is 1.90 bits per heavy atom. The summed E-state index contributed by atoms with van der Waals surface area (Å²) in [4.78, 5) is 11.8. The van der Waals surface area contributed by atoms with Crippen LogP contribution in [0.5, 0.6) is 0 Å². The maximum Gasteiger partial charge on any atom is 0.416 e. The third-order valence-corrected chi connectivity index (χ3v) is 3.19. The van der Waals surface area contributed by atoms with E-state index in [1.807, 2.05) is 0 Å². The van der Waals surface area contributed by atoms with Crippen molar-refractivity contribution in [3.8, 4) is 0 Å². The molecule has 7 nitrogen and oxygen atoms in total. The van der Waals surface area contributed by atoms with Crippen LogP contribution in [0.3, 0.4) is 0 Å². The van der Waals surface area contributed by atoms with Gasteiger partial charge in [-0.3, -0.25) is 10.6 Å². The lowest BCUT2D eigenvalue weighted by Gasteiger charge is -2.13. The van der Waals surface area contributed by atoms with Gasteiger partial charge in [0.15, 0.2) is 0 Å². The zero-order chi connectivity index (χ0) is 16.3. The molecule has 0 saturated carbocycles. The van der Waals surface area contributed by atoms with E-state index in [0.717, 1.165) is 12.1 Å². The Balaban J connectivity index is 2.96. The number of primary sulfonamides is 1. The van der Waals surface area contributed by atoms with E-state index < -0.39 is 33.4 Å². The summed E-state index contributed by atoms with van der Waals surface area (Å²) in [5.41, 5.74) is 0.670. The molecular weight excluding hydrogens is 313 g/mol. The van der Waals surface area contributed by atoms with E-state index in [4.69, 9.17) is 11.0 Å². The minimum Gasteiger partial charge on any atom is -0.351 e. The summed E-state index contributed by atoms with van der Waals surface area (Å²) in [6.45, 7) is -0.335. The zero-order valence-electron chi connectivity index (χ0n) is 10.6. The molecule has 0 aliphatic carbocycles. The van der Waals surface area contributed by atoms with Crippen LogP contribution in [0.15, 0.2) is 18.2 Å². The molecule has 1 aromatic carbocycles. The normalized spacial score (nSPS) is 12.0. The lowest BCUT2D eigenvalue weighted by atomic mass is 10.1. The highest BCUT2D eigenvalue weighted by Crippen LogP contribution is 2.31. The van der Waals surface area contributed by atoms with E-state index in [2.05, 4.69) is 10.7 Å². The molecule has 21 heavy (non-hydrogen) atoms. The summed E-state index contributed by atoms with van der Waals surface area (Å²) in [5.74, 6) is 3.67. The summed E-state index contributed by atoms with van der Waals surface area (Å²) in [6.07, 6.45) is -4.62. The number of rotatable bonds is 5. The predicted octanol–water partition coefficient (Wildman–Crippen LogP) is 0.00930. The molecule has 0 fully saturated rings. The van der Waals surface area contributed by atoms with Gasteiger partial charge in [-0.25, -0.2) is 13.6 Å². The van der Waals surface area contributed by atoms with E-state index >= 15 is 0 Å². The maximum absolute atomic E-state index is 12.6. The molecule has 0 aliphatic heterocycles. The van der Waals surface area contributed by atoms with Crippen LogP contribution in [0.4, 0.5) is 18.9 Å². The Morgan fingerprint density at radius 1 is 1.29 bits per heavy atom. The summed E-state index contributed by atoms with van der Waals surface area (Å²) in [5, 5.41) is 6.89. The smallest absolute Gasteiger partial charge is 0.351 e. The monoisotopic (exact) mass is 326 g/mol. The first kappa shape index (κ1) is 17.2. The van der Waals surface area contributed by atoms with Gasteiger partial charge in [0, 0.05) is 6.54 Å². The van der Waals surface area contributed by atoms with Gasteiger partial charge in [0.2, 0.25) is 10.0 Å². The lowest BCUT2D eigenvalue weighted by Crippen LogP contribution is -2.32. The molecule has 1 rings (SSSR count). The second kappa shape index (κ2) is 6.28. The summed E-state index contributed by atoms with van der Waals surface area (Å²) >= 11 is 0. The van der Waals surface area contributed by atoms with Crippen LogP contribution in [0.1, 0.15) is 15.9 Å². The minimum atomic E-state index is -4.62. The van der Waals surface area contributed by atoms with Crippen molar-refractivity contribution in [2.75, 3.05) is 17.7 Å². The van der Waals surface area contributed by atoms with E-state index in [1.165, 1.54) is 0 Å². The first-order chi connectivity index (χ1) is 9.54. The molecule has 0 spiro atoms. The zero-order valence-corrected chi connectivity index (χ0v) is 11.4. The lowest BCUT2D eigenvalue weighted by molar-refractivity contribution is -0.137. The number of alkyl halides is 3. The summed E-state index contributed by atoms with van der Waals surface area (Å²) in [7, 11) is -3.78. The van der Waals surface area contributed by atoms with Crippen LogP contribution >= 0.6 is 0 Å². The number of hydrogen-bond acceptors (Lipinski definition) is 5. The van der Waals surface area contributed by atoms with Crippen molar-refractivity contribution in [1.29, 1.82) is 0 Å². The Hall–Kier alpha value is -1.85. The number of halogens is 3. The molecule has 0 bridgehead atoms. The molecule has 0 aliphatic rings. The number of carbonyl (C=O) groups excluding carboxylic acids is 1. The average molecular weight is 326 g/mol. The molecule has 1 amide bonds. The number of benzene rings is 1. The van der Waals surface area contributed by atoms with Gasteiger partial charge in [0.05, 0.1) is 22.6 Å². The fraction of sp³-hybridized carbons (Fsp3) is 0.300. The van der Waals surface area contributed by atoms with Gasteiger partial charge in [-0.05, 0) is 18.2 Å². The van der Waals surface area contributed by atoms with Crippen molar-refractivity contribution in [2.45, 2.75) is 6.18 Å². The standard InChI is InChI=1S/C10H13F3N4O3S/c11-10(12,13)6-1-2-8(17-14)7(5-6)9(18)16-3-4-21(15,19)20/h1-2,5,17H,3-4,14H2,(H,16,18)(H2,15,19,20). The average Bonchev–Trinajstić information content (AvgIpc) is 2.35. The number of hydrogen-bond donors (Lipinski definition) is 4. The first-order valence-electron chi connectivity index (χ1n) is 5.51. The fourth-order valence-electron chi connectivity index (χ4n) is 1.44.